The van der Waals surface area contributed by atoms with E-state index in [-0.39, 0.29) is 11.4 Å². The van der Waals surface area contributed by atoms with Gasteiger partial charge in [0.15, 0.2) is 0 Å². The number of carbonyl (C=O) groups is 1. The second kappa shape index (κ2) is 6.22. The molecule has 0 aromatic heterocycles. The molecule has 1 rings (SSSR count). The molecule has 0 spiro atoms. The normalized spacial score (nSPS) is 19.0. The zero-order valence-corrected chi connectivity index (χ0v) is 12.0. The molecule has 0 atom stereocenters. The zero-order chi connectivity index (χ0) is 13.6. The molecule has 1 N–H and O–H groups in total. The maximum absolute atomic E-state index is 12.5. The molecule has 102 valence electrons. The van der Waals surface area contributed by atoms with Crippen molar-refractivity contribution in [3.05, 3.63) is 0 Å². The first-order chi connectivity index (χ1) is 8.58. The summed E-state index contributed by atoms with van der Waals surface area (Å²) in [7, 11) is 0. The van der Waals surface area contributed by atoms with Gasteiger partial charge in [0.25, 0.3) is 0 Å². The Hall–Kier alpha value is -1.04. The highest BCUT2D eigenvalue weighted by molar-refractivity contribution is 5.86. The molecule has 0 bridgehead atoms. The van der Waals surface area contributed by atoms with Crippen molar-refractivity contribution < 1.29 is 4.79 Å². The molecule has 0 saturated heterocycles. The molecule has 3 nitrogen and oxygen atoms in total. The van der Waals surface area contributed by atoms with Crippen LogP contribution in [0.5, 0.6) is 0 Å². The van der Waals surface area contributed by atoms with E-state index in [9.17, 15) is 10.1 Å². The highest BCUT2D eigenvalue weighted by atomic mass is 16.2. The number of hydrogen-bond donors (Lipinski definition) is 1. The van der Waals surface area contributed by atoms with E-state index in [2.05, 4.69) is 32.2 Å². The summed E-state index contributed by atoms with van der Waals surface area (Å²) in [5.74, 6) is -0.0322. The average molecular weight is 250 g/mol. The largest absolute Gasteiger partial charge is 0.349 e. The minimum Gasteiger partial charge on any atom is -0.349 e. The van der Waals surface area contributed by atoms with Crippen LogP contribution in [-0.4, -0.2) is 11.4 Å². The van der Waals surface area contributed by atoms with E-state index in [0.717, 1.165) is 51.4 Å². The highest BCUT2D eigenvalue weighted by Crippen LogP contribution is 2.37. The molecule has 1 aliphatic carbocycles. The number of amides is 1. The van der Waals surface area contributed by atoms with Crippen LogP contribution < -0.4 is 5.32 Å². The summed E-state index contributed by atoms with van der Waals surface area (Å²) in [6.45, 7) is 6.31. The van der Waals surface area contributed by atoms with Crippen LogP contribution in [-0.2, 0) is 4.79 Å². The molecule has 0 aliphatic heterocycles. The van der Waals surface area contributed by atoms with Crippen LogP contribution in [0.4, 0.5) is 0 Å². The average Bonchev–Trinajstić information content (AvgIpc) is 2.45. The van der Waals surface area contributed by atoms with E-state index in [1.807, 2.05) is 0 Å². The lowest BCUT2D eigenvalue weighted by Crippen LogP contribution is -2.53. The van der Waals surface area contributed by atoms with Crippen molar-refractivity contribution in [2.24, 2.45) is 5.41 Å². The lowest BCUT2D eigenvalue weighted by atomic mass is 9.73. The van der Waals surface area contributed by atoms with Crippen LogP contribution in [0.1, 0.15) is 72.1 Å². The number of nitrogens with one attached hydrogen (secondary N) is 1. The molecule has 0 aromatic carbocycles. The SMILES string of the molecule is CCC(CC)(CC)NC(=O)C1(C#N)CCCCC1. The molecule has 0 radical (unpaired) electrons. The molecule has 0 unspecified atom stereocenters. The van der Waals surface area contributed by atoms with Crippen molar-refractivity contribution in [3.63, 3.8) is 0 Å². The Morgan fingerprint density at radius 3 is 2.06 bits per heavy atom. The Balaban J connectivity index is 2.82. The first kappa shape index (κ1) is 15.0. The second-order valence-electron chi connectivity index (χ2n) is 5.55. The molecule has 1 saturated carbocycles. The van der Waals surface area contributed by atoms with E-state index in [1.165, 1.54) is 0 Å². The first-order valence-corrected chi connectivity index (χ1v) is 7.32. The van der Waals surface area contributed by atoms with E-state index in [1.54, 1.807) is 0 Å². The van der Waals surface area contributed by atoms with Gasteiger partial charge in [0, 0.05) is 5.54 Å². The molecule has 18 heavy (non-hydrogen) atoms. The van der Waals surface area contributed by atoms with Crippen molar-refractivity contribution in [1.82, 2.24) is 5.32 Å². The minimum absolute atomic E-state index is 0.0322. The topological polar surface area (TPSA) is 52.9 Å². The molecule has 1 aliphatic rings. The smallest absolute Gasteiger partial charge is 0.240 e. The van der Waals surface area contributed by atoms with Crippen molar-refractivity contribution in [2.75, 3.05) is 0 Å². The fourth-order valence-electron chi connectivity index (χ4n) is 2.92. The quantitative estimate of drug-likeness (QED) is 0.811. The third kappa shape index (κ3) is 2.85. The number of hydrogen-bond acceptors (Lipinski definition) is 2. The lowest BCUT2D eigenvalue weighted by molar-refractivity contribution is -0.131. The van der Waals surface area contributed by atoms with Gasteiger partial charge in [-0.05, 0) is 32.1 Å². The highest BCUT2D eigenvalue weighted by Gasteiger charge is 2.42. The monoisotopic (exact) mass is 250 g/mol. The van der Waals surface area contributed by atoms with Gasteiger partial charge >= 0.3 is 0 Å². The number of carbonyl (C=O) groups excluding carboxylic acids is 1. The lowest BCUT2D eigenvalue weighted by Gasteiger charge is -2.37. The summed E-state index contributed by atoms with van der Waals surface area (Å²) < 4.78 is 0. The first-order valence-electron chi connectivity index (χ1n) is 7.32. The van der Waals surface area contributed by atoms with E-state index in [4.69, 9.17) is 0 Å². The van der Waals surface area contributed by atoms with Crippen molar-refractivity contribution in [3.8, 4) is 6.07 Å². The summed E-state index contributed by atoms with van der Waals surface area (Å²) in [6.07, 6.45) is 7.37. The predicted molar refractivity (Wildman–Crippen MR) is 72.9 cm³/mol. The van der Waals surface area contributed by atoms with Gasteiger partial charge in [-0.25, -0.2) is 0 Å². The van der Waals surface area contributed by atoms with Gasteiger partial charge in [-0.2, -0.15) is 5.26 Å². The Kier molecular flexibility index (Phi) is 5.19. The van der Waals surface area contributed by atoms with Crippen molar-refractivity contribution in [2.45, 2.75) is 77.7 Å². The summed E-state index contributed by atoms with van der Waals surface area (Å²) >= 11 is 0. The van der Waals surface area contributed by atoms with Gasteiger partial charge in [0.1, 0.15) is 5.41 Å². The van der Waals surface area contributed by atoms with Crippen LogP contribution in [0.15, 0.2) is 0 Å². The maximum atomic E-state index is 12.5. The van der Waals surface area contributed by atoms with Gasteiger partial charge in [0.2, 0.25) is 5.91 Å². The molecular formula is C15H26N2O. The van der Waals surface area contributed by atoms with Crippen LogP contribution in [0.3, 0.4) is 0 Å². The second-order valence-corrected chi connectivity index (χ2v) is 5.55. The van der Waals surface area contributed by atoms with Crippen LogP contribution in [0.25, 0.3) is 0 Å². The third-order valence-corrected chi connectivity index (χ3v) is 4.76. The predicted octanol–water partition coefficient (Wildman–Crippen LogP) is 3.55. The summed E-state index contributed by atoms with van der Waals surface area (Å²) in [5.41, 5.74) is -0.888. The van der Waals surface area contributed by atoms with Crippen molar-refractivity contribution >= 4 is 5.91 Å². The number of rotatable bonds is 5. The summed E-state index contributed by atoms with van der Waals surface area (Å²) in [6, 6.07) is 2.30. The molecule has 0 heterocycles. The molecule has 1 fully saturated rings. The number of nitrogens with zero attached hydrogens (tertiary/aromatic N) is 1. The molecule has 0 aromatic rings. The van der Waals surface area contributed by atoms with E-state index in [0.29, 0.717) is 0 Å². The van der Waals surface area contributed by atoms with Crippen LogP contribution >= 0.6 is 0 Å². The van der Waals surface area contributed by atoms with E-state index < -0.39 is 5.41 Å². The molecule has 3 heteroatoms. The Morgan fingerprint density at radius 2 is 1.67 bits per heavy atom. The number of nitriles is 1. The third-order valence-electron chi connectivity index (χ3n) is 4.76. The summed E-state index contributed by atoms with van der Waals surface area (Å²) in [4.78, 5) is 12.5. The van der Waals surface area contributed by atoms with Gasteiger partial charge in [-0.1, -0.05) is 40.0 Å². The van der Waals surface area contributed by atoms with Crippen LogP contribution in [0, 0.1) is 16.7 Å². The molecule has 1 amide bonds. The fraction of sp³-hybridized carbons (Fsp3) is 0.867. The maximum Gasteiger partial charge on any atom is 0.240 e. The van der Waals surface area contributed by atoms with E-state index >= 15 is 0 Å². The Morgan fingerprint density at radius 1 is 1.17 bits per heavy atom. The van der Waals surface area contributed by atoms with Gasteiger partial charge in [-0.15, -0.1) is 0 Å². The van der Waals surface area contributed by atoms with Crippen molar-refractivity contribution in [1.29, 1.82) is 5.26 Å². The van der Waals surface area contributed by atoms with Gasteiger partial charge in [-0.3, -0.25) is 4.79 Å². The van der Waals surface area contributed by atoms with Gasteiger partial charge in [0.05, 0.1) is 6.07 Å². The van der Waals surface area contributed by atoms with Gasteiger partial charge < -0.3 is 5.32 Å². The Labute approximate surface area is 111 Å². The fourth-order valence-corrected chi connectivity index (χ4v) is 2.92. The Bertz CT molecular complexity index is 312. The summed E-state index contributed by atoms with van der Waals surface area (Å²) in [5, 5.41) is 12.6. The minimum atomic E-state index is -0.761. The zero-order valence-electron chi connectivity index (χ0n) is 12.0. The standard InChI is InChI=1S/C15H26N2O/c1-4-15(5-2,6-3)17-13(18)14(12-16)10-8-7-9-11-14/h4-11H2,1-3H3,(H,17,18). The molecular weight excluding hydrogens is 224 g/mol. The van der Waals surface area contributed by atoms with Crippen LogP contribution in [0.2, 0.25) is 0 Å².